The van der Waals surface area contributed by atoms with Gasteiger partial charge in [0, 0.05) is 18.9 Å². The van der Waals surface area contributed by atoms with Gasteiger partial charge in [-0.1, -0.05) is 0 Å². The van der Waals surface area contributed by atoms with E-state index in [9.17, 15) is 5.11 Å². The molecule has 2 N–H and O–H groups in total. The summed E-state index contributed by atoms with van der Waals surface area (Å²) in [5, 5.41) is 12.7. The maximum Gasteiger partial charge on any atom is 0.203 e. The van der Waals surface area contributed by atoms with Crippen molar-refractivity contribution in [2.75, 3.05) is 18.5 Å². The zero-order valence-electron chi connectivity index (χ0n) is 8.18. The van der Waals surface area contributed by atoms with Crippen molar-refractivity contribution in [3.8, 4) is 0 Å². The van der Waals surface area contributed by atoms with Crippen LogP contribution in [-0.4, -0.2) is 40.0 Å². The lowest BCUT2D eigenvalue weighted by Gasteiger charge is -2.15. The summed E-state index contributed by atoms with van der Waals surface area (Å²) < 4.78 is 7.13. The monoisotopic (exact) mass is 197 g/mol. The lowest BCUT2D eigenvalue weighted by molar-refractivity contribution is 0.125. The molecule has 5 nitrogen and oxygen atoms in total. The summed E-state index contributed by atoms with van der Waals surface area (Å²) in [7, 11) is 0. The first-order chi connectivity index (χ1) is 6.81. The van der Waals surface area contributed by atoms with Gasteiger partial charge in [-0.25, -0.2) is 4.98 Å². The van der Waals surface area contributed by atoms with Gasteiger partial charge in [-0.05, 0) is 6.92 Å². The summed E-state index contributed by atoms with van der Waals surface area (Å²) >= 11 is 0. The SMILES string of the molecule is CCn1ccnc1N[C@@H]1COC[C@H]1O. The van der Waals surface area contributed by atoms with E-state index < -0.39 is 6.10 Å². The highest BCUT2D eigenvalue weighted by Gasteiger charge is 2.26. The second-order valence-electron chi connectivity index (χ2n) is 3.39. The van der Waals surface area contributed by atoms with Crippen molar-refractivity contribution in [3.05, 3.63) is 12.4 Å². The van der Waals surface area contributed by atoms with E-state index in [1.54, 1.807) is 6.20 Å². The molecule has 78 valence electrons. The molecule has 0 unspecified atom stereocenters. The van der Waals surface area contributed by atoms with Crippen molar-refractivity contribution in [2.24, 2.45) is 0 Å². The van der Waals surface area contributed by atoms with Crippen LogP contribution in [-0.2, 0) is 11.3 Å². The van der Waals surface area contributed by atoms with Crippen LogP contribution in [0.4, 0.5) is 5.95 Å². The van der Waals surface area contributed by atoms with E-state index >= 15 is 0 Å². The summed E-state index contributed by atoms with van der Waals surface area (Å²) in [6.45, 7) is 3.86. The molecule has 14 heavy (non-hydrogen) atoms. The number of ether oxygens (including phenoxy) is 1. The second kappa shape index (κ2) is 3.98. The second-order valence-corrected chi connectivity index (χ2v) is 3.39. The minimum atomic E-state index is -0.433. The summed E-state index contributed by atoms with van der Waals surface area (Å²) in [6, 6.07) is -0.0392. The summed E-state index contributed by atoms with van der Waals surface area (Å²) in [5.41, 5.74) is 0. The maximum absolute atomic E-state index is 9.53. The Kier molecular flexibility index (Phi) is 2.69. The molecule has 0 aliphatic carbocycles. The number of rotatable bonds is 3. The molecule has 0 aromatic carbocycles. The van der Waals surface area contributed by atoms with Gasteiger partial charge >= 0.3 is 0 Å². The van der Waals surface area contributed by atoms with E-state index in [1.807, 2.05) is 10.8 Å². The first kappa shape index (κ1) is 9.48. The number of aliphatic hydroxyl groups excluding tert-OH is 1. The minimum absolute atomic E-state index is 0.0392. The molecule has 1 aliphatic rings. The average molecular weight is 197 g/mol. The summed E-state index contributed by atoms with van der Waals surface area (Å²) in [4.78, 5) is 4.17. The smallest absolute Gasteiger partial charge is 0.203 e. The Morgan fingerprint density at radius 2 is 2.57 bits per heavy atom. The fourth-order valence-corrected chi connectivity index (χ4v) is 1.55. The maximum atomic E-state index is 9.53. The zero-order chi connectivity index (χ0) is 9.97. The number of aromatic nitrogens is 2. The Bertz CT molecular complexity index is 300. The molecule has 5 heteroatoms. The van der Waals surface area contributed by atoms with Gasteiger partial charge in [0.05, 0.1) is 25.4 Å². The Morgan fingerprint density at radius 1 is 1.71 bits per heavy atom. The van der Waals surface area contributed by atoms with Gasteiger partial charge in [-0.3, -0.25) is 0 Å². The number of nitrogens with one attached hydrogen (secondary N) is 1. The lowest BCUT2D eigenvalue weighted by Crippen LogP contribution is -2.32. The molecule has 2 heterocycles. The van der Waals surface area contributed by atoms with Crippen LogP contribution in [0, 0.1) is 0 Å². The van der Waals surface area contributed by atoms with Crippen LogP contribution in [0.2, 0.25) is 0 Å². The van der Waals surface area contributed by atoms with Crippen molar-refractivity contribution in [1.82, 2.24) is 9.55 Å². The van der Waals surface area contributed by atoms with Crippen LogP contribution in [0.15, 0.2) is 12.4 Å². The van der Waals surface area contributed by atoms with E-state index in [-0.39, 0.29) is 6.04 Å². The highest BCUT2D eigenvalue weighted by atomic mass is 16.5. The van der Waals surface area contributed by atoms with Gasteiger partial charge in [-0.15, -0.1) is 0 Å². The minimum Gasteiger partial charge on any atom is -0.388 e. The van der Waals surface area contributed by atoms with Gasteiger partial charge in [0.1, 0.15) is 0 Å². The van der Waals surface area contributed by atoms with Crippen LogP contribution in [0.25, 0.3) is 0 Å². The first-order valence-electron chi connectivity index (χ1n) is 4.84. The largest absolute Gasteiger partial charge is 0.388 e. The Balaban J connectivity index is 2.02. The molecular formula is C9H15N3O2. The number of imidazole rings is 1. The van der Waals surface area contributed by atoms with Crippen molar-refractivity contribution >= 4 is 5.95 Å². The van der Waals surface area contributed by atoms with Gasteiger partial charge in [0.2, 0.25) is 5.95 Å². The number of hydrogen-bond donors (Lipinski definition) is 2. The molecule has 0 spiro atoms. The van der Waals surface area contributed by atoms with Crippen molar-refractivity contribution in [2.45, 2.75) is 25.6 Å². The third-order valence-electron chi connectivity index (χ3n) is 2.42. The van der Waals surface area contributed by atoms with E-state index in [0.717, 1.165) is 12.5 Å². The Hall–Kier alpha value is -1.07. The topological polar surface area (TPSA) is 59.3 Å². The summed E-state index contributed by atoms with van der Waals surface area (Å²) in [6.07, 6.45) is 3.22. The van der Waals surface area contributed by atoms with E-state index in [4.69, 9.17) is 4.74 Å². The normalized spacial score (nSPS) is 26.7. The lowest BCUT2D eigenvalue weighted by atomic mass is 10.2. The average Bonchev–Trinajstić information content (AvgIpc) is 2.77. The standard InChI is InChI=1S/C9H15N3O2/c1-2-12-4-3-10-9(12)11-7-5-14-6-8(7)13/h3-4,7-8,13H,2,5-6H2,1H3,(H,10,11)/t7-,8-/m1/s1. The van der Waals surface area contributed by atoms with E-state index in [0.29, 0.717) is 13.2 Å². The Morgan fingerprint density at radius 3 is 3.21 bits per heavy atom. The molecule has 2 atom stereocenters. The molecular weight excluding hydrogens is 182 g/mol. The summed E-state index contributed by atoms with van der Waals surface area (Å²) in [5.74, 6) is 0.794. The van der Waals surface area contributed by atoms with Crippen LogP contribution in [0.3, 0.4) is 0 Å². The predicted octanol–water partition coefficient (Wildman–Crippen LogP) is 0.0746. The molecule has 1 aromatic rings. The Labute approximate surface area is 82.7 Å². The van der Waals surface area contributed by atoms with Crippen LogP contribution in [0.5, 0.6) is 0 Å². The molecule has 2 rings (SSSR count). The first-order valence-corrected chi connectivity index (χ1v) is 4.84. The number of hydrogen-bond acceptors (Lipinski definition) is 4. The molecule has 1 aromatic heterocycles. The van der Waals surface area contributed by atoms with Crippen LogP contribution < -0.4 is 5.32 Å². The fourth-order valence-electron chi connectivity index (χ4n) is 1.55. The van der Waals surface area contributed by atoms with Gasteiger partial charge < -0.3 is 19.7 Å². The molecule has 0 radical (unpaired) electrons. The van der Waals surface area contributed by atoms with Crippen molar-refractivity contribution in [1.29, 1.82) is 0 Å². The molecule has 1 fully saturated rings. The van der Waals surface area contributed by atoms with Gasteiger partial charge in [0.25, 0.3) is 0 Å². The molecule has 1 saturated heterocycles. The number of aryl methyl sites for hydroxylation is 1. The zero-order valence-corrected chi connectivity index (χ0v) is 8.18. The molecule has 0 bridgehead atoms. The third-order valence-corrected chi connectivity index (χ3v) is 2.42. The van der Waals surface area contributed by atoms with Crippen LogP contribution >= 0.6 is 0 Å². The highest BCUT2D eigenvalue weighted by molar-refractivity contribution is 5.28. The number of aliphatic hydroxyl groups is 1. The fraction of sp³-hybridized carbons (Fsp3) is 0.667. The van der Waals surface area contributed by atoms with Gasteiger partial charge in [-0.2, -0.15) is 0 Å². The van der Waals surface area contributed by atoms with Crippen molar-refractivity contribution < 1.29 is 9.84 Å². The highest BCUT2D eigenvalue weighted by Crippen LogP contribution is 2.12. The van der Waals surface area contributed by atoms with E-state index in [1.165, 1.54) is 0 Å². The molecule has 0 amide bonds. The molecule has 0 saturated carbocycles. The van der Waals surface area contributed by atoms with Gasteiger partial charge in [0.15, 0.2) is 0 Å². The number of nitrogens with zero attached hydrogens (tertiary/aromatic N) is 2. The third kappa shape index (κ3) is 1.73. The number of anilines is 1. The van der Waals surface area contributed by atoms with Crippen LogP contribution in [0.1, 0.15) is 6.92 Å². The van der Waals surface area contributed by atoms with Crippen molar-refractivity contribution in [3.63, 3.8) is 0 Å². The van der Waals surface area contributed by atoms with E-state index in [2.05, 4.69) is 17.2 Å². The predicted molar refractivity (Wildman–Crippen MR) is 52.1 cm³/mol. The quantitative estimate of drug-likeness (QED) is 0.720. The molecule has 1 aliphatic heterocycles.